The molecule has 21 heavy (non-hydrogen) atoms. The fourth-order valence-corrected chi connectivity index (χ4v) is 4.56. The molecule has 2 atom stereocenters. The lowest BCUT2D eigenvalue weighted by Crippen LogP contribution is -2.37. The van der Waals surface area contributed by atoms with Crippen molar-refractivity contribution in [3.05, 3.63) is 29.3 Å². The Kier molecular flexibility index (Phi) is 4.87. The predicted molar refractivity (Wildman–Crippen MR) is 91.9 cm³/mol. The van der Waals surface area contributed by atoms with Crippen molar-refractivity contribution in [1.29, 1.82) is 0 Å². The molecule has 2 aliphatic rings. The van der Waals surface area contributed by atoms with Crippen molar-refractivity contribution in [1.82, 2.24) is 0 Å². The molecule has 0 aliphatic heterocycles. The molecule has 2 fully saturated rings. The van der Waals surface area contributed by atoms with Gasteiger partial charge in [0.15, 0.2) is 0 Å². The molecule has 0 spiro atoms. The first kappa shape index (κ1) is 14.9. The molecule has 1 nitrogen and oxygen atoms in total. The highest BCUT2D eigenvalue weighted by Gasteiger charge is 2.32. The molecule has 0 bridgehead atoms. The molecule has 0 radical (unpaired) electrons. The summed E-state index contributed by atoms with van der Waals surface area (Å²) in [6.07, 6.45) is 13.1. The van der Waals surface area contributed by atoms with E-state index in [0.717, 1.165) is 11.8 Å². The lowest BCUT2D eigenvalue weighted by molar-refractivity contribution is 0.180. The molecule has 1 heteroatoms. The number of hydrogen-bond donors (Lipinski definition) is 1. The van der Waals surface area contributed by atoms with E-state index < -0.39 is 0 Å². The van der Waals surface area contributed by atoms with E-state index in [0.29, 0.717) is 6.04 Å². The minimum absolute atomic E-state index is 0.711. The summed E-state index contributed by atoms with van der Waals surface area (Å²) in [6, 6.07) is 7.53. The molecule has 1 aromatic rings. The Bertz CT molecular complexity index is 459. The Labute approximate surface area is 130 Å². The fourth-order valence-electron chi connectivity index (χ4n) is 4.56. The summed E-state index contributed by atoms with van der Waals surface area (Å²) in [5.41, 5.74) is 4.14. The van der Waals surface area contributed by atoms with Crippen molar-refractivity contribution in [2.24, 2.45) is 11.8 Å². The SMILES string of the molecule is Cc1ccc(C)c(NC2CCCCC2C2CCCCC2)c1. The van der Waals surface area contributed by atoms with E-state index in [-0.39, 0.29) is 0 Å². The third-order valence-electron chi connectivity index (χ3n) is 5.81. The summed E-state index contributed by atoms with van der Waals surface area (Å²) >= 11 is 0. The molecular weight excluding hydrogens is 254 g/mol. The Morgan fingerprint density at radius 2 is 1.57 bits per heavy atom. The van der Waals surface area contributed by atoms with Crippen molar-refractivity contribution in [3.8, 4) is 0 Å². The maximum Gasteiger partial charge on any atom is 0.0374 e. The number of rotatable bonds is 3. The fraction of sp³-hybridized carbons (Fsp3) is 0.700. The van der Waals surface area contributed by atoms with Gasteiger partial charge in [0.05, 0.1) is 0 Å². The van der Waals surface area contributed by atoms with Gasteiger partial charge in [-0.05, 0) is 55.7 Å². The molecule has 0 aromatic heterocycles. The summed E-state index contributed by atoms with van der Waals surface area (Å²) in [6.45, 7) is 4.43. The van der Waals surface area contributed by atoms with E-state index in [2.05, 4.69) is 37.4 Å². The molecule has 1 aromatic carbocycles. The predicted octanol–water partition coefficient (Wildman–Crippen LogP) is 5.85. The van der Waals surface area contributed by atoms with Crippen molar-refractivity contribution in [2.75, 3.05) is 5.32 Å². The van der Waals surface area contributed by atoms with Crippen LogP contribution in [0.15, 0.2) is 18.2 Å². The van der Waals surface area contributed by atoms with Gasteiger partial charge in [0.25, 0.3) is 0 Å². The number of aryl methyl sites for hydroxylation is 2. The summed E-state index contributed by atoms with van der Waals surface area (Å²) in [4.78, 5) is 0. The highest BCUT2D eigenvalue weighted by molar-refractivity contribution is 5.53. The van der Waals surface area contributed by atoms with Gasteiger partial charge in [0.2, 0.25) is 0 Å². The molecule has 3 rings (SSSR count). The molecule has 2 unspecified atom stereocenters. The Morgan fingerprint density at radius 1 is 0.857 bits per heavy atom. The van der Waals surface area contributed by atoms with Gasteiger partial charge in [-0.3, -0.25) is 0 Å². The van der Waals surface area contributed by atoms with Gasteiger partial charge in [-0.25, -0.2) is 0 Å². The highest BCUT2D eigenvalue weighted by Crippen LogP contribution is 2.39. The third kappa shape index (κ3) is 3.62. The van der Waals surface area contributed by atoms with Gasteiger partial charge in [-0.2, -0.15) is 0 Å². The summed E-state index contributed by atoms with van der Waals surface area (Å²) in [7, 11) is 0. The van der Waals surface area contributed by atoms with Crippen LogP contribution in [0.3, 0.4) is 0 Å². The largest absolute Gasteiger partial charge is 0.382 e. The number of benzene rings is 1. The van der Waals surface area contributed by atoms with Crippen LogP contribution >= 0.6 is 0 Å². The van der Waals surface area contributed by atoms with Crippen LogP contribution in [0.25, 0.3) is 0 Å². The van der Waals surface area contributed by atoms with Gasteiger partial charge in [-0.1, -0.05) is 57.1 Å². The van der Waals surface area contributed by atoms with E-state index in [1.807, 2.05) is 0 Å². The monoisotopic (exact) mass is 285 g/mol. The zero-order valence-corrected chi connectivity index (χ0v) is 13.8. The van der Waals surface area contributed by atoms with Gasteiger partial charge in [-0.15, -0.1) is 0 Å². The summed E-state index contributed by atoms with van der Waals surface area (Å²) in [5, 5.41) is 3.94. The van der Waals surface area contributed by atoms with Gasteiger partial charge in [0, 0.05) is 11.7 Å². The van der Waals surface area contributed by atoms with Gasteiger partial charge in [0.1, 0.15) is 0 Å². The quantitative estimate of drug-likeness (QED) is 0.734. The van der Waals surface area contributed by atoms with Crippen molar-refractivity contribution in [2.45, 2.75) is 77.7 Å². The lowest BCUT2D eigenvalue weighted by atomic mass is 9.71. The zero-order valence-electron chi connectivity index (χ0n) is 13.8. The first-order chi connectivity index (χ1) is 10.2. The maximum absolute atomic E-state index is 3.94. The van der Waals surface area contributed by atoms with Crippen molar-refractivity contribution >= 4 is 5.69 Å². The normalized spacial score (nSPS) is 27.5. The van der Waals surface area contributed by atoms with Crippen LogP contribution in [0.2, 0.25) is 0 Å². The van der Waals surface area contributed by atoms with Crippen molar-refractivity contribution < 1.29 is 0 Å². The van der Waals surface area contributed by atoms with Crippen LogP contribution in [-0.2, 0) is 0 Å². The Balaban J connectivity index is 1.73. The molecule has 2 aliphatic carbocycles. The molecule has 0 saturated heterocycles. The average Bonchev–Trinajstić information content (AvgIpc) is 2.52. The number of hydrogen-bond acceptors (Lipinski definition) is 1. The van der Waals surface area contributed by atoms with Gasteiger partial charge < -0.3 is 5.32 Å². The first-order valence-corrected chi connectivity index (χ1v) is 9.08. The van der Waals surface area contributed by atoms with E-state index >= 15 is 0 Å². The first-order valence-electron chi connectivity index (χ1n) is 9.08. The van der Waals surface area contributed by atoms with Crippen LogP contribution in [0.5, 0.6) is 0 Å². The molecule has 1 N–H and O–H groups in total. The number of anilines is 1. The van der Waals surface area contributed by atoms with E-state index in [1.165, 1.54) is 74.6 Å². The molecule has 0 amide bonds. The highest BCUT2D eigenvalue weighted by atomic mass is 14.9. The van der Waals surface area contributed by atoms with Crippen molar-refractivity contribution in [3.63, 3.8) is 0 Å². The molecule has 116 valence electrons. The van der Waals surface area contributed by atoms with E-state index in [9.17, 15) is 0 Å². The smallest absolute Gasteiger partial charge is 0.0374 e. The molecular formula is C20H31N. The Hall–Kier alpha value is -0.980. The average molecular weight is 285 g/mol. The minimum Gasteiger partial charge on any atom is -0.382 e. The van der Waals surface area contributed by atoms with Crippen LogP contribution in [-0.4, -0.2) is 6.04 Å². The summed E-state index contributed by atoms with van der Waals surface area (Å²) in [5.74, 6) is 1.90. The second kappa shape index (κ2) is 6.85. The second-order valence-corrected chi connectivity index (χ2v) is 7.42. The standard InChI is InChI=1S/C20H31N/c1-15-12-13-16(2)20(14-15)21-19-11-7-6-10-18(19)17-8-4-3-5-9-17/h12-14,17-19,21H,3-11H2,1-2H3. The summed E-state index contributed by atoms with van der Waals surface area (Å²) < 4.78 is 0. The molecule has 0 heterocycles. The molecule has 2 saturated carbocycles. The topological polar surface area (TPSA) is 12.0 Å². The third-order valence-corrected chi connectivity index (χ3v) is 5.81. The van der Waals surface area contributed by atoms with Crippen LogP contribution in [0, 0.1) is 25.7 Å². The maximum atomic E-state index is 3.94. The van der Waals surface area contributed by atoms with Crippen LogP contribution in [0.1, 0.15) is 68.9 Å². The minimum atomic E-state index is 0.711. The Morgan fingerprint density at radius 3 is 2.38 bits per heavy atom. The van der Waals surface area contributed by atoms with E-state index in [1.54, 1.807) is 0 Å². The second-order valence-electron chi connectivity index (χ2n) is 7.42. The van der Waals surface area contributed by atoms with Gasteiger partial charge >= 0.3 is 0 Å². The zero-order chi connectivity index (χ0) is 14.7. The van der Waals surface area contributed by atoms with Crippen LogP contribution < -0.4 is 5.32 Å². The van der Waals surface area contributed by atoms with Crippen LogP contribution in [0.4, 0.5) is 5.69 Å². The lowest BCUT2D eigenvalue weighted by Gasteiger charge is -2.40. The number of nitrogens with one attached hydrogen (secondary N) is 1. The van der Waals surface area contributed by atoms with E-state index in [4.69, 9.17) is 0 Å².